The summed E-state index contributed by atoms with van der Waals surface area (Å²) in [6.45, 7) is 0. The molecular formula is O2RuSi. The first-order valence-corrected chi connectivity index (χ1v) is 1.22. The largest absolute Gasteiger partial charge is 0.549 e. The van der Waals surface area contributed by atoms with Gasteiger partial charge in [-0.05, 0) is 0 Å². The van der Waals surface area contributed by atoms with Crippen LogP contribution in [0.25, 0.3) is 0 Å². The van der Waals surface area contributed by atoms with Crippen molar-refractivity contribution in [1.29, 1.82) is 0 Å². The molecule has 0 amide bonds. The molecule has 0 N–H and O–H groups in total. The van der Waals surface area contributed by atoms with E-state index >= 15 is 0 Å². The van der Waals surface area contributed by atoms with Crippen LogP contribution in [0.2, 0.25) is 0 Å². The van der Waals surface area contributed by atoms with Crippen molar-refractivity contribution in [2.24, 2.45) is 0 Å². The monoisotopic (exact) mass is 162 g/mol. The number of hydrogen-bond donors (Lipinski definition) is 0. The van der Waals surface area contributed by atoms with E-state index in [4.69, 9.17) is 8.92 Å². The van der Waals surface area contributed by atoms with E-state index in [0.29, 0.717) is 0 Å². The second-order valence-electron chi connectivity index (χ2n) is 0.0833. The van der Waals surface area contributed by atoms with E-state index in [0.717, 1.165) is 0 Å². The van der Waals surface area contributed by atoms with Crippen molar-refractivity contribution in [3.05, 3.63) is 0 Å². The molecule has 2 nitrogen and oxygen atoms in total. The summed E-state index contributed by atoms with van der Waals surface area (Å²) in [6.07, 6.45) is 0. The smallest absolute Gasteiger partial charge is 0.274 e. The fraction of sp³-hybridized carbons (Fsp3) is 0. The van der Waals surface area contributed by atoms with E-state index in [9.17, 15) is 0 Å². The van der Waals surface area contributed by atoms with Gasteiger partial charge in [0.15, 0.2) is 0 Å². The second-order valence-corrected chi connectivity index (χ2v) is 0.250. The van der Waals surface area contributed by atoms with Gasteiger partial charge in [-0.1, -0.05) is 0 Å². The van der Waals surface area contributed by atoms with Crippen molar-refractivity contribution in [2.45, 2.75) is 0 Å². The van der Waals surface area contributed by atoms with Gasteiger partial charge >= 0.3 is 9.29 Å². The molecule has 0 rings (SSSR count). The molecule has 0 aromatic heterocycles. The first-order chi connectivity index (χ1) is 1.41. The van der Waals surface area contributed by atoms with Crippen LogP contribution in [0.5, 0.6) is 0 Å². The average Bonchev–Trinajstić information content (AvgIpc) is 0.918. The molecule has 0 radical (unpaired) electrons. The van der Waals surface area contributed by atoms with Crippen molar-refractivity contribution in [3.8, 4) is 0 Å². The van der Waals surface area contributed by atoms with Gasteiger partial charge in [0.05, 0.1) is 0 Å². The fourth-order valence-corrected chi connectivity index (χ4v) is 0. The topological polar surface area (TPSA) is 34.1 Å². The normalized spacial score (nSPS) is 2.00. The molecule has 0 fully saturated rings. The van der Waals surface area contributed by atoms with Crippen LogP contribution in [0.15, 0.2) is 0 Å². The van der Waals surface area contributed by atoms with E-state index < -0.39 is 9.29 Å². The average molecular weight is 161 g/mol. The molecular weight excluding hydrogens is 161 g/mol. The molecule has 0 aliphatic heterocycles. The Morgan fingerprint density at radius 1 is 1.25 bits per heavy atom. The Hall–Kier alpha value is 0.440. The molecule has 0 saturated heterocycles. The summed E-state index contributed by atoms with van der Waals surface area (Å²) in [6, 6.07) is 0. The van der Waals surface area contributed by atoms with Crippen LogP contribution in [0.4, 0.5) is 0 Å². The predicted molar refractivity (Wildman–Crippen MR) is 7.13 cm³/mol. The summed E-state index contributed by atoms with van der Waals surface area (Å²) in [5.74, 6) is 0. The Labute approximate surface area is 38.3 Å². The molecule has 0 bridgehead atoms. The van der Waals surface area contributed by atoms with E-state index in [1.807, 2.05) is 0 Å². The van der Waals surface area contributed by atoms with Crippen LogP contribution < -0.4 is 0 Å². The maximum atomic E-state index is 8.40. The van der Waals surface area contributed by atoms with Gasteiger partial charge in [0.1, 0.15) is 0 Å². The van der Waals surface area contributed by atoms with Gasteiger partial charge in [0.2, 0.25) is 0 Å². The summed E-state index contributed by atoms with van der Waals surface area (Å²) in [4.78, 5) is 0. The Bertz CT molecular complexity index is 27.0. The van der Waals surface area contributed by atoms with Gasteiger partial charge in [0.25, 0.3) is 0 Å². The van der Waals surface area contributed by atoms with Crippen molar-refractivity contribution in [2.75, 3.05) is 0 Å². The minimum atomic E-state index is -1.42. The Morgan fingerprint density at radius 3 is 1.25 bits per heavy atom. The quantitative estimate of drug-likeness (QED) is 0.444. The molecule has 0 atom stereocenters. The molecule has 24 valence electrons. The zero-order chi connectivity index (χ0) is 2.71. The molecule has 0 saturated carbocycles. The Balaban J connectivity index is 0. The first kappa shape index (κ1) is 8.83. The summed E-state index contributed by atoms with van der Waals surface area (Å²) in [7, 11) is -1.42. The van der Waals surface area contributed by atoms with Crippen molar-refractivity contribution in [1.82, 2.24) is 0 Å². The van der Waals surface area contributed by atoms with E-state index in [1.165, 1.54) is 0 Å². The second kappa shape index (κ2) is 9.88. The Morgan fingerprint density at radius 2 is 1.25 bits per heavy atom. The predicted octanol–water partition coefficient (Wildman–Crippen LogP) is -0.621. The zero-order valence-electron chi connectivity index (χ0n) is 1.67. The maximum absolute atomic E-state index is 8.40. The molecule has 0 heterocycles. The van der Waals surface area contributed by atoms with Crippen LogP contribution in [0.3, 0.4) is 0 Å². The summed E-state index contributed by atoms with van der Waals surface area (Å²) >= 11 is 0. The summed E-state index contributed by atoms with van der Waals surface area (Å²) in [5, 5.41) is 0. The number of hydrogen-bond acceptors (Lipinski definition) is 2. The summed E-state index contributed by atoms with van der Waals surface area (Å²) in [5.41, 5.74) is 0. The number of rotatable bonds is 0. The fourth-order valence-electron chi connectivity index (χ4n) is 0. The third-order valence-corrected chi connectivity index (χ3v) is 0. The third kappa shape index (κ3) is 26.1. The van der Waals surface area contributed by atoms with Gasteiger partial charge in [-0.25, -0.2) is 0 Å². The van der Waals surface area contributed by atoms with Crippen LogP contribution in [0.1, 0.15) is 0 Å². The van der Waals surface area contributed by atoms with Crippen LogP contribution >= 0.6 is 0 Å². The van der Waals surface area contributed by atoms with Crippen LogP contribution in [-0.4, -0.2) is 9.29 Å². The molecule has 0 aliphatic carbocycles. The molecule has 0 aliphatic rings. The maximum Gasteiger partial charge on any atom is 0.549 e. The Kier molecular flexibility index (Phi) is 21.8. The van der Waals surface area contributed by atoms with Crippen molar-refractivity contribution in [3.63, 3.8) is 0 Å². The van der Waals surface area contributed by atoms with Gasteiger partial charge in [-0.3, -0.25) is 8.92 Å². The SMILES string of the molecule is O=[Si]=O.[Ru]. The van der Waals surface area contributed by atoms with E-state index in [1.54, 1.807) is 0 Å². The van der Waals surface area contributed by atoms with Gasteiger partial charge < -0.3 is 0 Å². The molecule has 4 heteroatoms. The minimum absolute atomic E-state index is 0. The van der Waals surface area contributed by atoms with E-state index in [-0.39, 0.29) is 19.5 Å². The van der Waals surface area contributed by atoms with E-state index in [2.05, 4.69) is 0 Å². The molecule has 0 unspecified atom stereocenters. The van der Waals surface area contributed by atoms with Gasteiger partial charge in [-0.15, -0.1) is 0 Å². The molecule has 4 heavy (non-hydrogen) atoms. The van der Waals surface area contributed by atoms with Crippen LogP contribution in [-0.2, 0) is 28.4 Å². The van der Waals surface area contributed by atoms with Crippen LogP contribution in [0, 0.1) is 0 Å². The standard InChI is InChI=1S/O2Si.Ru/c1-3-2;. The zero-order valence-corrected chi connectivity index (χ0v) is 4.41. The van der Waals surface area contributed by atoms with Gasteiger partial charge in [-0.2, -0.15) is 0 Å². The first-order valence-electron chi connectivity index (χ1n) is 0.408. The van der Waals surface area contributed by atoms with Gasteiger partial charge in [0, 0.05) is 19.5 Å². The van der Waals surface area contributed by atoms with Crippen molar-refractivity contribution < 1.29 is 28.4 Å². The molecule has 0 spiro atoms. The molecule has 0 aromatic rings. The summed E-state index contributed by atoms with van der Waals surface area (Å²) < 4.78 is 16.8. The third-order valence-electron chi connectivity index (χ3n) is 0. The minimum Gasteiger partial charge on any atom is -0.274 e. The van der Waals surface area contributed by atoms with Crippen molar-refractivity contribution >= 4 is 9.29 Å². The molecule has 0 aromatic carbocycles.